The van der Waals surface area contributed by atoms with Crippen LogP contribution < -0.4 is 10.6 Å². The molecule has 2 N–H and O–H groups in total. The average Bonchev–Trinajstić information content (AvgIpc) is 2.50. The van der Waals surface area contributed by atoms with Gasteiger partial charge in [-0.15, -0.1) is 0 Å². The van der Waals surface area contributed by atoms with E-state index in [0.717, 1.165) is 35.7 Å². The first-order chi connectivity index (χ1) is 11.1. The average molecular weight is 330 g/mol. The van der Waals surface area contributed by atoms with Crippen LogP contribution in [0.5, 0.6) is 0 Å². The van der Waals surface area contributed by atoms with Crippen molar-refractivity contribution in [1.29, 1.82) is 0 Å². The normalized spacial score (nSPS) is 10.6. The fourth-order valence-corrected chi connectivity index (χ4v) is 2.86. The molecule has 0 fully saturated rings. The van der Waals surface area contributed by atoms with Crippen molar-refractivity contribution >= 4 is 23.4 Å². The predicted octanol–water partition coefficient (Wildman–Crippen LogP) is 2.93. The summed E-state index contributed by atoms with van der Waals surface area (Å²) in [7, 11) is 0. The van der Waals surface area contributed by atoms with E-state index in [1.807, 2.05) is 44.2 Å². The number of anilines is 1. The summed E-state index contributed by atoms with van der Waals surface area (Å²) in [5.41, 5.74) is 3.79. The monoisotopic (exact) mass is 330 g/mol. The Bertz CT molecular complexity index is 655. The minimum Gasteiger partial charge on any atom is -0.325 e. The summed E-state index contributed by atoms with van der Waals surface area (Å²) in [6.07, 6.45) is 0. The number of nitrogens with zero attached hydrogens (tertiary/aromatic N) is 2. The van der Waals surface area contributed by atoms with Crippen LogP contribution in [0.15, 0.2) is 35.5 Å². The van der Waals surface area contributed by atoms with Gasteiger partial charge in [-0.2, -0.15) is 0 Å². The van der Waals surface area contributed by atoms with Gasteiger partial charge in [0.05, 0.1) is 5.75 Å². The number of carbonyl (C=O) groups excluding carboxylic acids is 1. The molecule has 0 unspecified atom stereocenters. The summed E-state index contributed by atoms with van der Waals surface area (Å²) >= 11 is 1.35. The van der Waals surface area contributed by atoms with Crippen LogP contribution in [0.2, 0.25) is 0 Å². The lowest BCUT2D eigenvalue weighted by atomic mass is 10.2. The number of hydrogen-bond acceptors (Lipinski definition) is 5. The quantitative estimate of drug-likeness (QED) is 0.603. The molecule has 0 spiro atoms. The SMILES string of the molecule is CCNCc1cccc(NC(=O)CSc2nc(C)cc(C)n2)c1. The first-order valence-electron chi connectivity index (χ1n) is 7.61. The van der Waals surface area contributed by atoms with Gasteiger partial charge in [-0.3, -0.25) is 4.79 Å². The highest BCUT2D eigenvalue weighted by atomic mass is 32.2. The lowest BCUT2D eigenvalue weighted by Gasteiger charge is -2.08. The summed E-state index contributed by atoms with van der Waals surface area (Å²) in [5.74, 6) is 0.235. The standard InChI is InChI=1S/C17H22N4OS/c1-4-18-10-14-6-5-7-15(9-14)21-16(22)11-23-17-19-12(2)8-13(3)20-17/h5-9,18H,4,10-11H2,1-3H3,(H,21,22). The Balaban J connectivity index is 1.89. The van der Waals surface area contributed by atoms with Gasteiger partial charge in [-0.05, 0) is 44.2 Å². The zero-order valence-electron chi connectivity index (χ0n) is 13.7. The minimum atomic E-state index is -0.0571. The van der Waals surface area contributed by atoms with Gasteiger partial charge in [0.15, 0.2) is 5.16 Å². The fraction of sp³-hybridized carbons (Fsp3) is 0.353. The Hall–Kier alpha value is -1.92. The zero-order chi connectivity index (χ0) is 16.7. The van der Waals surface area contributed by atoms with E-state index in [1.165, 1.54) is 11.8 Å². The number of hydrogen-bond donors (Lipinski definition) is 2. The molecule has 0 aliphatic rings. The molecule has 0 saturated heterocycles. The topological polar surface area (TPSA) is 66.9 Å². The highest BCUT2D eigenvalue weighted by Gasteiger charge is 2.07. The van der Waals surface area contributed by atoms with Crippen LogP contribution in [0, 0.1) is 13.8 Å². The van der Waals surface area contributed by atoms with E-state index in [2.05, 4.69) is 27.5 Å². The molecule has 1 aromatic carbocycles. The highest BCUT2D eigenvalue weighted by molar-refractivity contribution is 7.99. The van der Waals surface area contributed by atoms with Gasteiger partial charge in [0, 0.05) is 23.6 Å². The second-order valence-electron chi connectivity index (χ2n) is 5.25. The molecule has 0 bridgehead atoms. The number of nitrogens with one attached hydrogen (secondary N) is 2. The van der Waals surface area contributed by atoms with Crippen LogP contribution in [0.3, 0.4) is 0 Å². The summed E-state index contributed by atoms with van der Waals surface area (Å²) in [5, 5.41) is 6.82. The molecule has 122 valence electrons. The van der Waals surface area contributed by atoms with E-state index in [4.69, 9.17) is 0 Å². The maximum absolute atomic E-state index is 12.1. The minimum absolute atomic E-state index is 0.0571. The molecule has 0 saturated carbocycles. The summed E-state index contributed by atoms with van der Waals surface area (Å²) in [6, 6.07) is 9.78. The summed E-state index contributed by atoms with van der Waals surface area (Å²) < 4.78 is 0. The van der Waals surface area contributed by atoms with Gasteiger partial charge < -0.3 is 10.6 Å². The van der Waals surface area contributed by atoms with E-state index in [-0.39, 0.29) is 5.91 Å². The third-order valence-electron chi connectivity index (χ3n) is 3.08. The highest BCUT2D eigenvalue weighted by Crippen LogP contribution is 2.16. The number of rotatable bonds is 7. The number of carbonyl (C=O) groups is 1. The van der Waals surface area contributed by atoms with Crippen molar-refractivity contribution in [2.24, 2.45) is 0 Å². The van der Waals surface area contributed by atoms with Crippen LogP contribution in [-0.4, -0.2) is 28.2 Å². The van der Waals surface area contributed by atoms with Crippen LogP contribution in [-0.2, 0) is 11.3 Å². The smallest absolute Gasteiger partial charge is 0.234 e. The van der Waals surface area contributed by atoms with E-state index in [9.17, 15) is 4.79 Å². The summed E-state index contributed by atoms with van der Waals surface area (Å²) in [6.45, 7) is 7.63. The Morgan fingerprint density at radius 2 is 1.91 bits per heavy atom. The molecule has 0 radical (unpaired) electrons. The lowest BCUT2D eigenvalue weighted by Crippen LogP contribution is -2.15. The van der Waals surface area contributed by atoms with Crippen LogP contribution in [0.25, 0.3) is 0 Å². The molecule has 1 heterocycles. The number of amides is 1. The summed E-state index contributed by atoms with van der Waals surface area (Å²) in [4.78, 5) is 20.7. The van der Waals surface area contributed by atoms with Crippen LogP contribution in [0.1, 0.15) is 23.9 Å². The molecule has 2 aromatic rings. The number of aromatic nitrogens is 2. The second kappa shape index (κ2) is 8.64. The van der Waals surface area contributed by atoms with E-state index >= 15 is 0 Å². The van der Waals surface area contributed by atoms with Crippen molar-refractivity contribution in [2.45, 2.75) is 32.5 Å². The van der Waals surface area contributed by atoms with Gasteiger partial charge in [-0.25, -0.2) is 9.97 Å². The van der Waals surface area contributed by atoms with Gasteiger partial charge in [0.1, 0.15) is 0 Å². The van der Waals surface area contributed by atoms with Gasteiger partial charge in [0.2, 0.25) is 5.91 Å². The Kier molecular flexibility index (Phi) is 6.55. The van der Waals surface area contributed by atoms with Gasteiger partial charge in [-0.1, -0.05) is 30.8 Å². The first-order valence-corrected chi connectivity index (χ1v) is 8.60. The Morgan fingerprint density at radius 3 is 2.61 bits per heavy atom. The molecule has 0 aliphatic heterocycles. The van der Waals surface area contributed by atoms with Crippen molar-refractivity contribution in [2.75, 3.05) is 17.6 Å². The number of thioether (sulfide) groups is 1. The fourth-order valence-electron chi connectivity index (χ4n) is 2.11. The molecule has 6 heteroatoms. The maximum atomic E-state index is 12.1. The molecule has 2 rings (SSSR count). The van der Waals surface area contributed by atoms with Crippen LogP contribution >= 0.6 is 11.8 Å². The number of aryl methyl sites for hydroxylation is 2. The van der Waals surface area contributed by atoms with Gasteiger partial charge >= 0.3 is 0 Å². The predicted molar refractivity (Wildman–Crippen MR) is 94.7 cm³/mol. The zero-order valence-corrected chi connectivity index (χ0v) is 14.5. The largest absolute Gasteiger partial charge is 0.325 e. The molecular formula is C17H22N4OS. The van der Waals surface area contributed by atoms with Crippen LogP contribution in [0.4, 0.5) is 5.69 Å². The van der Waals surface area contributed by atoms with E-state index < -0.39 is 0 Å². The molecular weight excluding hydrogens is 308 g/mol. The van der Waals surface area contributed by atoms with Crippen molar-refractivity contribution in [3.05, 3.63) is 47.3 Å². The third kappa shape index (κ3) is 6.00. The molecule has 0 atom stereocenters. The number of benzene rings is 1. The van der Waals surface area contributed by atoms with Crippen molar-refractivity contribution in [3.63, 3.8) is 0 Å². The maximum Gasteiger partial charge on any atom is 0.234 e. The Morgan fingerprint density at radius 1 is 1.17 bits per heavy atom. The van der Waals surface area contributed by atoms with Crippen molar-refractivity contribution in [3.8, 4) is 0 Å². The lowest BCUT2D eigenvalue weighted by molar-refractivity contribution is -0.113. The third-order valence-corrected chi connectivity index (χ3v) is 3.93. The first kappa shape index (κ1) is 17.4. The molecule has 5 nitrogen and oxygen atoms in total. The molecule has 1 aromatic heterocycles. The van der Waals surface area contributed by atoms with Crippen molar-refractivity contribution in [1.82, 2.24) is 15.3 Å². The molecule has 0 aliphatic carbocycles. The second-order valence-corrected chi connectivity index (χ2v) is 6.19. The van der Waals surface area contributed by atoms with Crippen molar-refractivity contribution < 1.29 is 4.79 Å². The molecule has 1 amide bonds. The van der Waals surface area contributed by atoms with E-state index in [1.54, 1.807) is 0 Å². The Labute approximate surface area is 141 Å². The molecule has 23 heavy (non-hydrogen) atoms. The van der Waals surface area contributed by atoms with E-state index in [0.29, 0.717) is 10.9 Å². The van der Waals surface area contributed by atoms with Gasteiger partial charge in [0.25, 0.3) is 0 Å².